The van der Waals surface area contributed by atoms with E-state index >= 15 is 0 Å². The number of halogens is 1. The molecule has 6 heteroatoms. The van der Waals surface area contributed by atoms with E-state index in [0.29, 0.717) is 6.54 Å². The van der Waals surface area contributed by atoms with Crippen LogP contribution in [0.4, 0.5) is 0 Å². The summed E-state index contributed by atoms with van der Waals surface area (Å²) < 4.78 is 10.5. The Labute approximate surface area is 173 Å². The summed E-state index contributed by atoms with van der Waals surface area (Å²) in [5.41, 5.74) is 1.22. The average molecular weight is 471 g/mol. The van der Waals surface area contributed by atoms with Crippen LogP contribution in [-0.2, 0) is 12.8 Å². The number of methoxy groups -OCH3 is 1. The fraction of sp³-hybridized carbons (Fsp3) is 0.450. The lowest BCUT2D eigenvalue weighted by atomic mass is 10.1. The molecule has 2 aromatic rings. The van der Waals surface area contributed by atoms with Gasteiger partial charge in [-0.15, -0.1) is 24.0 Å². The lowest BCUT2D eigenvalue weighted by Crippen LogP contribution is -2.48. The minimum atomic E-state index is -0.0450. The van der Waals surface area contributed by atoms with Crippen molar-refractivity contribution >= 4 is 29.9 Å². The van der Waals surface area contributed by atoms with E-state index in [1.54, 1.807) is 13.4 Å². The molecule has 1 aromatic heterocycles. The third-order valence-corrected chi connectivity index (χ3v) is 3.57. The molecule has 2 rings (SSSR count). The minimum absolute atomic E-state index is 0. The Morgan fingerprint density at radius 3 is 2.42 bits per heavy atom. The maximum atomic E-state index is 5.35. The number of nitrogens with one attached hydrogen (secondary N) is 2. The highest BCUT2D eigenvalue weighted by Crippen LogP contribution is 2.11. The minimum Gasteiger partial charge on any atom is -0.497 e. The molecule has 0 aliphatic carbocycles. The summed E-state index contributed by atoms with van der Waals surface area (Å²) in [5, 5.41) is 6.84. The van der Waals surface area contributed by atoms with Gasteiger partial charge >= 0.3 is 0 Å². The highest BCUT2D eigenvalue weighted by Gasteiger charge is 2.12. The topological polar surface area (TPSA) is 58.8 Å². The molecular formula is C20H30IN3O2. The molecule has 0 aliphatic heterocycles. The van der Waals surface area contributed by atoms with Crippen molar-refractivity contribution in [2.24, 2.45) is 4.99 Å². The van der Waals surface area contributed by atoms with Gasteiger partial charge in [-0.05, 0) is 57.0 Å². The van der Waals surface area contributed by atoms with E-state index in [1.807, 2.05) is 24.3 Å². The zero-order valence-electron chi connectivity index (χ0n) is 16.0. The van der Waals surface area contributed by atoms with Gasteiger partial charge in [-0.25, -0.2) is 0 Å². The molecule has 0 radical (unpaired) electrons. The molecule has 0 saturated heterocycles. The molecule has 2 N–H and O–H groups in total. The van der Waals surface area contributed by atoms with E-state index < -0.39 is 0 Å². The molecular weight excluding hydrogens is 441 g/mol. The third-order valence-electron chi connectivity index (χ3n) is 3.57. The summed E-state index contributed by atoms with van der Waals surface area (Å²) in [4.78, 5) is 4.66. The van der Waals surface area contributed by atoms with Crippen LogP contribution in [0.3, 0.4) is 0 Å². The Balaban J connectivity index is 0.00000338. The molecule has 0 atom stereocenters. The molecule has 144 valence electrons. The van der Waals surface area contributed by atoms with Gasteiger partial charge in [-0.3, -0.25) is 4.99 Å². The van der Waals surface area contributed by atoms with Crippen LogP contribution in [0, 0.1) is 0 Å². The van der Waals surface area contributed by atoms with Crippen LogP contribution >= 0.6 is 24.0 Å². The first-order valence-corrected chi connectivity index (χ1v) is 8.68. The lowest BCUT2D eigenvalue weighted by Gasteiger charge is -2.24. The maximum Gasteiger partial charge on any atom is 0.191 e. The number of benzene rings is 1. The first-order chi connectivity index (χ1) is 12.0. The molecule has 1 heterocycles. The number of nitrogens with zero attached hydrogens (tertiary/aromatic N) is 1. The fourth-order valence-electron chi connectivity index (χ4n) is 2.35. The summed E-state index contributed by atoms with van der Waals surface area (Å²) >= 11 is 0. The predicted octanol–water partition coefficient (Wildman–Crippen LogP) is 4.03. The van der Waals surface area contributed by atoms with Crippen LogP contribution in [0.1, 0.15) is 32.1 Å². The van der Waals surface area contributed by atoms with E-state index in [1.165, 1.54) is 5.56 Å². The Morgan fingerprint density at radius 1 is 1.12 bits per heavy atom. The third kappa shape index (κ3) is 8.60. The van der Waals surface area contributed by atoms with Crippen molar-refractivity contribution in [1.29, 1.82) is 0 Å². The van der Waals surface area contributed by atoms with Gasteiger partial charge < -0.3 is 19.8 Å². The Morgan fingerprint density at radius 2 is 1.85 bits per heavy atom. The van der Waals surface area contributed by atoms with Gasteiger partial charge in [-0.1, -0.05) is 12.1 Å². The summed E-state index contributed by atoms with van der Waals surface area (Å²) in [6, 6.07) is 12.0. The second-order valence-corrected chi connectivity index (χ2v) is 6.96. The number of guanidine groups is 1. The molecule has 0 fully saturated rings. The number of rotatable bonds is 7. The first kappa shape index (κ1) is 22.3. The molecule has 1 aromatic carbocycles. The number of furan rings is 1. The highest BCUT2D eigenvalue weighted by atomic mass is 127. The average Bonchev–Trinajstić information content (AvgIpc) is 3.07. The van der Waals surface area contributed by atoms with Crippen molar-refractivity contribution in [2.75, 3.05) is 20.2 Å². The van der Waals surface area contributed by atoms with Gasteiger partial charge in [0.05, 0.1) is 13.4 Å². The Kier molecular flexibility index (Phi) is 9.54. The van der Waals surface area contributed by atoms with E-state index in [0.717, 1.165) is 36.9 Å². The quantitative estimate of drug-likeness (QED) is 0.364. The van der Waals surface area contributed by atoms with Crippen LogP contribution in [0.5, 0.6) is 5.75 Å². The van der Waals surface area contributed by atoms with Crippen molar-refractivity contribution in [3.8, 4) is 5.75 Å². The molecule has 0 bridgehead atoms. The molecule has 0 aliphatic rings. The zero-order chi connectivity index (χ0) is 18.1. The van der Waals surface area contributed by atoms with E-state index in [2.05, 4.69) is 48.5 Å². The van der Waals surface area contributed by atoms with E-state index in [4.69, 9.17) is 9.15 Å². The monoisotopic (exact) mass is 471 g/mol. The second-order valence-electron chi connectivity index (χ2n) is 6.96. The molecule has 5 nitrogen and oxygen atoms in total. The predicted molar refractivity (Wildman–Crippen MR) is 118 cm³/mol. The number of hydrogen-bond acceptors (Lipinski definition) is 3. The fourth-order valence-corrected chi connectivity index (χ4v) is 2.35. The summed E-state index contributed by atoms with van der Waals surface area (Å²) in [7, 11) is 1.68. The molecule has 0 saturated carbocycles. The van der Waals surface area contributed by atoms with Gasteiger partial charge in [0.15, 0.2) is 5.96 Å². The molecule has 26 heavy (non-hydrogen) atoms. The highest BCUT2D eigenvalue weighted by molar-refractivity contribution is 14.0. The van der Waals surface area contributed by atoms with E-state index in [-0.39, 0.29) is 29.5 Å². The number of ether oxygens (including phenoxy) is 1. The van der Waals surface area contributed by atoms with Crippen molar-refractivity contribution in [1.82, 2.24) is 10.6 Å². The molecule has 0 amide bonds. The Bertz CT molecular complexity index is 647. The summed E-state index contributed by atoms with van der Waals surface area (Å²) in [5.74, 6) is 2.66. The van der Waals surface area contributed by atoms with Crippen LogP contribution in [0.15, 0.2) is 52.1 Å². The van der Waals surface area contributed by atoms with Crippen LogP contribution in [0.2, 0.25) is 0 Å². The van der Waals surface area contributed by atoms with Crippen LogP contribution in [0.25, 0.3) is 0 Å². The lowest BCUT2D eigenvalue weighted by molar-refractivity contribution is 0.414. The normalized spacial score (nSPS) is 11.6. The molecule has 0 unspecified atom stereocenters. The number of hydrogen-bond donors (Lipinski definition) is 2. The summed E-state index contributed by atoms with van der Waals surface area (Å²) in [6.45, 7) is 7.87. The van der Waals surface area contributed by atoms with Gasteiger partial charge in [-0.2, -0.15) is 0 Å². The standard InChI is InChI=1S/C20H29N3O2.HI/c1-20(2,3)23-19(22-14-12-18-6-5-15-25-18)21-13-11-16-7-9-17(24-4)10-8-16;/h5-10,15H,11-14H2,1-4H3,(H2,21,22,23);1H. The largest absolute Gasteiger partial charge is 0.497 e. The van der Waals surface area contributed by atoms with Crippen LogP contribution in [-0.4, -0.2) is 31.7 Å². The van der Waals surface area contributed by atoms with Crippen molar-refractivity contribution in [2.45, 2.75) is 39.2 Å². The van der Waals surface area contributed by atoms with Crippen molar-refractivity contribution in [3.63, 3.8) is 0 Å². The van der Waals surface area contributed by atoms with Gasteiger partial charge in [0.2, 0.25) is 0 Å². The first-order valence-electron chi connectivity index (χ1n) is 8.68. The summed E-state index contributed by atoms with van der Waals surface area (Å²) in [6.07, 6.45) is 3.41. The van der Waals surface area contributed by atoms with Crippen molar-refractivity contribution < 1.29 is 9.15 Å². The number of aliphatic imine (C=N–C) groups is 1. The SMILES string of the molecule is COc1ccc(CCNC(=NCCc2ccco2)NC(C)(C)C)cc1.I. The van der Waals surface area contributed by atoms with Gasteiger partial charge in [0.25, 0.3) is 0 Å². The smallest absolute Gasteiger partial charge is 0.191 e. The maximum absolute atomic E-state index is 5.35. The van der Waals surface area contributed by atoms with Crippen LogP contribution < -0.4 is 15.4 Å². The zero-order valence-corrected chi connectivity index (χ0v) is 18.4. The van der Waals surface area contributed by atoms with E-state index in [9.17, 15) is 0 Å². The van der Waals surface area contributed by atoms with Gasteiger partial charge in [0.1, 0.15) is 11.5 Å². The molecule has 0 spiro atoms. The Hall–Kier alpha value is -1.70. The van der Waals surface area contributed by atoms with Gasteiger partial charge in [0, 0.05) is 25.0 Å². The second kappa shape index (κ2) is 11.1. The van der Waals surface area contributed by atoms with Crippen molar-refractivity contribution in [3.05, 3.63) is 54.0 Å².